The molecular weight excluding hydrogens is 227 g/mol. The molecule has 2 nitrogen and oxygen atoms in total. The fourth-order valence-corrected chi connectivity index (χ4v) is 3.65. The second kappa shape index (κ2) is 4.53. The van der Waals surface area contributed by atoms with Gasteiger partial charge in [-0.15, -0.1) is 0 Å². The van der Waals surface area contributed by atoms with E-state index in [1.807, 2.05) is 0 Å². The number of hydrogen-bond acceptors (Lipinski definition) is 2. The number of sulfone groups is 1. The maximum atomic E-state index is 12.7. The van der Waals surface area contributed by atoms with Crippen molar-refractivity contribution in [2.45, 2.75) is 37.0 Å². The standard InChI is InChI=1S/C12H14FO2S/c13-10-6-8-12(9-7-10)16(14,15)11-4-2-1-3-5-11/h6-9H,1-5H2. The van der Waals surface area contributed by atoms with Crippen molar-refractivity contribution >= 4 is 9.84 Å². The molecule has 4 heteroatoms. The van der Waals surface area contributed by atoms with E-state index in [1.165, 1.54) is 24.3 Å². The second-order valence-electron chi connectivity index (χ2n) is 4.06. The molecule has 1 radical (unpaired) electrons. The molecule has 0 aromatic heterocycles. The Morgan fingerprint density at radius 2 is 1.50 bits per heavy atom. The van der Waals surface area contributed by atoms with Crippen molar-refractivity contribution in [1.29, 1.82) is 0 Å². The van der Waals surface area contributed by atoms with Gasteiger partial charge in [-0.2, -0.15) is 0 Å². The number of rotatable bonds is 2. The molecule has 0 aliphatic heterocycles. The van der Waals surface area contributed by atoms with Crippen molar-refractivity contribution in [2.75, 3.05) is 0 Å². The Bertz CT molecular complexity index is 444. The summed E-state index contributed by atoms with van der Waals surface area (Å²) < 4.78 is 37.0. The van der Waals surface area contributed by atoms with E-state index < -0.39 is 15.7 Å². The quantitative estimate of drug-likeness (QED) is 0.746. The molecule has 1 fully saturated rings. The minimum atomic E-state index is -3.33. The SMILES string of the molecule is O=S(=O)([C]1CCCCC1)c1ccc(F)cc1. The van der Waals surface area contributed by atoms with Gasteiger partial charge in [0.15, 0.2) is 9.84 Å². The summed E-state index contributed by atoms with van der Waals surface area (Å²) in [5, 5.41) is 0.602. The number of benzene rings is 1. The highest BCUT2D eigenvalue weighted by Gasteiger charge is 2.29. The molecule has 0 bridgehead atoms. The number of hydrogen-bond donors (Lipinski definition) is 0. The molecule has 1 aromatic carbocycles. The fourth-order valence-electron chi connectivity index (χ4n) is 2.00. The van der Waals surface area contributed by atoms with E-state index in [0.717, 1.165) is 19.3 Å². The lowest BCUT2D eigenvalue weighted by molar-refractivity contribution is 0.540. The van der Waals surface area contributed by atoms with E-state index in [-0.39, 0.29) is 4.90 Å². The summed E-state index contributed by atoms with van der Waals surface area (Å²) in [6.07, 6.45) is 4.29. The molecule has 16 heavy (non-hydrogen) atoms. The van der Waals surface area contributed by atoms with Gasteiger partial charge >= 0.3 is 0 Å². The number of halogens is 1. The Morgan fingerprint density at radius 3 is 2.06 bits per heavy atom. The van der Waals surface area contributed by atoms with E-state index in [1.54, 1.807) is 0 Å². The van der Waals surface area contributed by atoms with Gasteiger partial charge in [0.25, 0.3) is 0 Å². The molecule has 87 valence electrons. The van der Waals surface area contributed by atoms with Gasteiger partial charge in [0.1, 0.15) is 5.82 Å². The van der Waals surface area contributed by atoms with Gasteiger partial charge < -0.3 is 0 Å². The first kappa shape index (κ1) is 11.6. The first-order chi connectivity index (χ1) is 7.60. The van der Waals surface area contributed by atoms with Crippen LogP contribution in [0.3, 0.4) is 0 Å². The van der Waals surface area contributed by atoms with Gasteiger partial charge in [-0.25, -0.2) is 12.8 Å². The third-order valence-corrected chi connectivity index (χ3v) is 4.98. The molecule has 0 unspecified atom stereocenters. The summed E-state index contributed by atoms with van der Waals surface area (Å²) in [6.45, 7) is 0. The van der Waals surface area contributed by atoms with E-state index in [4.69, 9.17) is 0 Å². The van der Waals surface area contributed by atoms with Crippen molar-refractivity contribution in [2.24, 2.45) is 0 Å². The molecule has 1 aliphatic rings. The van der Waals surface area contributed by atoms with E-state index in [9.17, 15) is 12.8 Å². The van der Waals surface area contributed by atoms with Crippen molar-refractivity contribution < 1.29 is 12.8 Å². The van der Waals surface area contributed by atoms with Crippen LogP contribution in [-0.4, -0.2) is 8.42 Å². The summed E-state index contributed by atoms with van der Waals surface area (Å²) in [5.41, 5.74) is 0. The highest BCUT2D eigenvalue weighted by Crippen LogP contribution is 2.34. The van der Waals surface area contributed by atoms with Crippen LogP contribution < -0.4 is 0 Å². The van der Waals surface area contributed by atoms with Crippen molar-refractivity contribution in [3.05, 3.63) is 35.3 Å². The lowest BCUT2D eigenvalue weighted by Crippen LogP contribution is -2.16. The Morgan fingerprint density at radius 1 is 0.938 bits per heavy atom. The smallest absolute Gasteiger partial charge is 0.185 e. The predicted molar refractivity (Wildman–Crippen MR) is 59.9 cm³/mol. The van der Waals surface area contributed by atoms with Crippen LogP contribution in [0.4, 0.5) is 4.39 Å². The van der Waals surface area contributed by atoms with Crippen LogP contribution in [0.1, 0.15) is 32.1 Å². The van der Waals surface area contributed by atoms with Crippen LogP contribution >= 0.6 is 0 Å². The average molecular weight is 241 g/mol. The van der Waals surface area contributed by atoms with E-state index >= 15 is 0 Å². The molecule has 1 saturated carbocycles. The van der Waals surface area contributed by atoms with Crippen LogP contribution in [0, 0.1) is 11.1 Å². The Hall–Kier alpha value is -0.900. The van der Waals surface area contributed by atoms with Crippen LogP contribution in [0.25, 0.3) is 0 Å². The molecule has 0 saturated heterocycles. The molecule has 2 rings (SSSR count). The lowest BCUT2D eigenvalue weighted by Gasteiger charge is -2.20. The summed E-state index contributed by atoms with van der Waals surface area (Å²) >= 11 is 0. The van der Waals surface area contributed by atoms with Gasteiger partial charge in [-0.1, -0.05) is 19.3 Å². The van der Waals surface area contributed by atoms with Crippen molar-refractivity contribution in [3.63, 3.8) is 0 Å². The van der Waals surface area contributed by atoms with Gasteiger partial charge in [0.05, 0.1) is 10.1 Å². The Labute approximate surface area is 95.4 Å². The highest BCUT2D eigenvalue weighted by molar-refractivity contribution is 7.94. The zero-order valence-electron chi connectivity index (χ0n) is 8.95. The summed E-state index contributed by atoms with van der Waals surface area (Å²) in [5.74, 6) is -0.410. The second-order valence-corrected chi connectivity index (χ2v) is 6.11. The van der Waals surface area contributed by atoms with Crippen LogP contribution in [0.5, 0.6) is 0 Å². The molecule has 1 aromatic rings. The minimum absolute atomic E-state index is 0.214. The average Bonchev–Trinajstić information content (AvgIpc) is 2.31. The molecule has 0 N–H and O–H groups in total. The van der Waals surface area contributed by atoms with E-state index in [2.05, 4.69) is 0 Å². The predicted octanol–water partition coefficient (Wildman–Crippen LogP) is 3.10. The maximum absolute atomic E-state index is 12.7. The topological polar surface area (TPSA) is 34.1 Å². The van der Waals surface area contributed by atoms with Crippen LogP contribution in [0.2, 0.25) is 0 Å². The molecule has 0 heterocycles. The third kappa shape index (κ3) is 2.26. The first-order valence-corrected chi connectivity index (χ1v) is 6.94. The highest BCUT2D eigenvalue weighted by atomic mass is 32.2. The summed E-state index contributed by atoms with van der Waals surface area (Å²) in [6, 6.07) is 5.06. The van der Waals surface area contributed by atoms with Gasteiger partial charge in [-0.3, -0.25) is 0 Å². The molecular formula is C12H14FO2S. The molecule has 0 amide bonds. The molecule has 1 aliphatic carbocycles. The largest absolute Gasteiger partial charge is 0.223 e. The molecule has 0 spiro atoms. The zero-order valence-corrected chi connectivity index (χ0v) is 9.76. The van der Waals surface area contributed by atoms with Crippen LogP contribution in [-0.2, 0) is 9.84 Å². The monoisotopic (exact) mass is 241 g/mol. The first-order valence-electron chi connectivity index (χ1n) is 5.46. The van der Waals surface area contributed by atoms with Gasteiger partial charge in [0.2, 0.25) is 0 Å². The van der Waals surface area contributed by atoms with Crippen LogP contribution in [0.15, 0.2) is 29.2 Å². The van der Waals surface area contributed by atoms with Gasteiger partial charge in [-0.05, 0) is 37.1 Å². The van der Waals surface area contributed by atoms with Gasteiger partial charge in [0, 0.05) is 0 Å². The fraction of sp³-hybridized carbons (Fsp3) is 0.417. The third-order valence-electron chi connectivity index (χ3n) is 2.92. The van der Waals surface area contributed by atoms with Crippen molar-refractivity contribution in [1.82, 2.24) is 0 Å². The van der Waals surface area contributed by atoms with E-state index in [0.29, 0.717) is 18.1 Å². The zero-order chi connectivity index (χ0) is 11.6. The Kier molecular flexibility index (Phi) is 3.28. The minimum Gasteiger partial charge on any atom is -0.223 e. The lowest BCUT2D eigenvalue weighted by atomic mass is 10.0. The normalized spacial score (nSPS) is 18.6. The van der Waals surface area contributed by atoms with Crippen molar-refractivity contribution in [3.8, 4) is 0 Å². The summed E-state index contributed by atoms with van der Waals surface area (Å²) in [4.78, 5) is 0.214. The Balaban J connectivity index is 2.27. The molecule has 0 atom stereocenters. The maximum Gasteiger partial charge on any atom is 0.185 e. The summed E-state index contributed by atoms with van der Waals surface area (Å²) in [7, 11) is -3.33.